The van der Waals surface area contributed by atoms with E-state index in [0.717, 1.165) is 15.2 Å². The normalized spacial score (nSPS) is 11.0. The Kier molecular flexibility index (Phi) is 3.60. The maximum absolute atomic E-state index is 10.8. The lowest BCUT2D eigenvalue weighted by molar-refractivity contribution is 0.0696. The number of rotatable bonds is 3. The third-order valence-corrected chi connectivity index (χ3v) is 5.18. The molecule has 0 saturated carbocycles. The molecule has 0 aliphatic carbocycles. The lowest BCUT2D eigenvalue weighted by Gasteiger charge is -2.03. The highest BCUT2D eigenvalue weighted by Gasteiger charge is 2.13. The van der Waals surface area contributed by atoms with Gasteiger partial charge in [0.2, 0.25) is 0 Å². The highest BCUT2D eigenvalue weighted by Crippen LogP contribution is 2.36. The van der Waals surface area contributed by atoms with Crippen LogP contribution in [0.2, 0.25) is 0 Å². The maximum atomic E-state index is 10.8. The number of aromatic carboxylic acids is 1. The number of hydrogen-bond acceptors (Lipinski definition) is 6. The van der Waals surface area contributed by atoms with E-state index in [2.05, 4.69) is 28.8 Å². The molecule has 0 aromatic carbocycles. The topological polar surface area (TPSA) is 76.0 Å². The fraction of sp³-hybridized carbons (Fsp3) is 0.143. The molecule has 1 N–H and O–H groups in total. The van der Waals surface area contributed by atoms with E-state index in [1.54, 1.807) is 29.8 Å². The first-order valence-corrected chi connectivity index (χ1v) is 7.77. The van der Waals surface area contributed by atoms with Gasteiger partial charge in [-0.15, -0.1) is 11.3 Å². The van der Waals surface area contributed by atoms with Gasteiger partial charge in [-0.3, -0.25) is 0 Å². The van der Waals surface area contributed by atoms with Gasteiger partial charge in [-0.2, -0.15) is 0 Å². The molecule has 3 rings (SSSR count). The van der Waals surface area contributed by atoms with Crippen molar-refractivity contribution in [3.05, 3.63) is 40.7 Å². The SMILES string of the molecule is Cc1sc2ncnc(Sc3ccc(C(=O)O)cn3)c2c1C. The zero-order chi connectivity index (χ0) is 15.0. The molecule has 0 radical (unpaired) electrons. The van der Waals surface area contributed by atoms with Gasteiger partial charge in [0.1, 0.15) is 21.2 Å². The lowest BCUT2D eigenvalue weighted by Crippen LogP contribution is -1.96. The van der Waals surface area contributed by atoms with Crippen molar-refractivity contribution in [3.63, 3.8) is 0 Å². The minimum absolute atomic E-state index is 0.176. The Labute approximate surface area is 129 Å². The summed E-state index contributed by atoms with van der Waals surface area (Å²) in [6.45, 7) is 4.12. The largest absolute Gasteiger partial charge is 0.478 e. The van der Waals surface area contributed by atoms with Crippen molar-refractivity contribution in [2.75, 3.05) is 0 Å². The van der Waals surface area contributed by atoms with E-state index in [1.165, 1.54) is 28.4 Å². The first kappa shape index (κ1) is 14.0. The van der Waals surface area contributed by atoms with Crippen LogP contribution < -0.4 is 0 Å². The molecule has 3 aromatic heterocycles. The highest BCUT2D eigenvalue weighted by molar-refractivity contribution is 7.99. The van der Waals surface area contributed by atoms with Crippen LogP contribution in [0, 0.1) is 13.8 Å². The molecule has 3 aromatic rings. The average molecular weight is 317 g/mol. The van der Waals surface area contributed by atoms with Crippen molar-refractivity contribution in [1.82, 2.24) is 15.0 Å². The molecule has 0 spiro atoms. The monoisotopic (exact) mass is 317 g/mol. The molecule has 0 bridgehead atoms. The van der Waals surface area contributed by atoms with Crippen molar-refractivity contribution in [1.29, 1.82) is 0 Å². The van der Waals surface area contributed by atoms with Crippen LogP contribution in [0.1, 0.15) is 20.8 Å². The summed E-state index contributed by atoms with van der Waals surface area (Å²) in [7, 11) is 0. The van der Waals surface area contributed by atoms with Crippen LogP contribution in [0.25, 0.3) is 10.2 Å². The molecule has 21 heavy (non-hydrogen) atoms. The molecule has 7 heteroatoms. The molecule has 5 nitrogen and oxygen atoms in total. The minimum Gasteiger partial charge on any atom is -0.478 e. The van der Waals surface area contributed by atoms with E-state index < -0.39 is 5.97 Å². The van der Waals surface area contributed by atoms with Gasteiger partial charge in [-0.1, -0.05) is 0 Å². The Hall–Kier alpha value is -1.99. The van der Waals surface area contributed by atoms with Gasteiger partial charge < -0.3 is 5.11 Å². The van der Waals surface area contributed by atoms with E-state index in [4.69, 9.17) is 5.11 Å². The van der Waals surface area contributed by atoms with Crippen LogP contribution in [0.5, 0.6) is 0 Å². The smallest absolute Gasteiger partial charge is 0.337 e. The Morgan fingerprint density at radius 3 is 2.71 bits per heavy atom. The van der Waals surface area contributed by atoms with Crippen LogP contribution in [-0.2, 0) is 0 Å². The summed E-state index contributed by atoms with van der Waals surface area (Å²) in [6, 6.07) is 3.23. The fourth-order valence-corrected chi connectivity index (χ4v) is 3.85. The van der Waals surface area contributed by atoms with E-state index >= 15 is 0 Å². The molecule has 106 valence electrons. The van der Waals surface area contributed by atoms with Crippen LogP contribution in [0.3, 0.4) is 0 Å². The summed E-state index contributed by atoms with van der Waals surface area (Å²) in [4.78, 5) is 25.8. The zero-order valence-electron chi connectivity index (χ0n) is 11.3. The number of aryl methyl sites for hydroxylation is 2. The predicted octanol–water partition coefficient (Wildman–Crippen LogP) is 3.55. The van der Waals surface area contributed by atoms with Gasteiger partial charge in [0.05, 0.1) is 5.56 Å². The number of nitrogens with zero attached hydrogens (tertiary/aromatic N) is 3. The second-order valence-electron chi connectivity index (χ2n) is 4.43. The summed E-state index contributed by atoms with van der Waals surface area (Å²) >= 11 is 3.06. The molecule has 0 saturated heterocycles. The van der Waals surface area contributed by atoms with Gasteiger partial charge in [-0.25, -0.2) is 19.7 Å². The molecule has 0 atom stereocenters. The zero-order valence-corrected chi connectivity index (χ0v) is 13.0. The van der Waals surface area contributed by atoms with Crippen molar-refractivity contribution in [2.45, 2.75) is 23.9 Å². The van der Waals surface area contributed by atoms with Crippen LogP contribution in [0.15, 0.2) is 34.7 Å². The first-order valence-electron chi connectivity index (χ1n) is 6.14. The number of carboxylic acids is 1. The Balaban J connectivity index is 2.00. The first-order chi connectivity index (χ1) is 10.1. The lowest BCUT2D eigenvalue weighted by atomic mass is 10.2. The molecular formula is C14H11N3O2S2. The van der Waals surface area contributed by atoms with Gasteiger partial charge in [0.25, 0.3) is 0 Å². The second-order valence-corrected chi connectivity index (χ2v) is 6.65. The van der Waals surface area contributed by atoms with Gasteiger partial charge in [-0.05, 0) is 43.3 Å². The fourth-order valence-electron chi connectivity index (χ4n) is 1.89. The Morgan fingerprint density at radius 1 is 1.24 bits per heavy atom. The number of pyridine rings is 1. The highest BCUT2D eigenvalue weighted by atomic mass is 32.2. The van der Waals surface area contributed by atoms with Crippen LogP contribution in [0.4, 0.5) is 0 Å². The summed E-state index contributed by atoms with van der Waals surface area (Å²) < 4.78 is 0. The van der Waals surface area contributed by atoms with Crippen molar-refractivity contribution < 1.29 is 9.90 Å². The molecule has 0 aliphatic heterocycles. The average Bonchev–Trinajstić information content (AvgIpc) is 2.76. The predicted molar refractivity (Wildman–Crippen MR) is 82.2 cm³/mol. The number of carboxylic acid groups (broad SMARTS) is 1. The molecule has 0 unspecified atom stereocenters. The molecule has 0 fully saturated rings. The number of carbonyl (C=O) groups is 1. The van der Waals surface area contributed by atoms with Gasteiger partial charge in [0.15, 0.2) is 0 Å². The molecule has 0 aliphatic rings. The maximum Gasteiger partial charge on any atom is 0.337 e. The standard InChI is InChI=1S/C14H11N3O2S2/c1-7-8(2)20-12-11(7)13(17-6-16-12)21-10-4-3-9(5-15-10)14(18)19/h3-6H,1-2H3,(H,18,19). The number of aromatic nitrogens is 3. The van der Waals surface area contributed by atoms with Crippen LogP contribution >= 0.6 is 23.1 Å². The minimum atomic E-state index is -0.979. The third kappa shape index (κ3) is 2.62. The van der Waals surface area contributed by atoms with Crippen LogP contribution in [-0.4, -0.2) is 26.0 Å². The van der Waals surface area contributed by atoms with E-state index in [9.17, 15) is 4.79 Å². The number of hydrogen-bond donors (Lipinski definition) is 1. The summed E-state index contributed by atoms with van der Waals surface area (Å²) in [6.07, 6.45) is 2.90. The van der Waals surface area contributed by atoms with Gasteiger partial charge >= 0.3 is 5.97 Å². The third-order valence-electron chi connectivity index (χ3n) is 3.12. The van der Waals surface area contributed by atoms with Crippen molar-refractivity contribution in [2.24, 2.45) is 0 Å². The quantitative estimate of drug-likeness (QED) is 0.744. The summed E-state index contributed by atoms with van der Waals surface area (Å²) in [5.74, 6) is -0.979. The number of fused-ring (bicyclic) bond motifs is 1. The Bertz CT molecular complexity index is 828. The molecule has 3 heterocycles. The van der Waals surface area contributed by atoms with Crippen molar-refractivity contribution in [3.8, 4) is 0 Å². The van der Waals surface area contributed by atoms with Crippen molar-refractivity contribution >= 4 is 39.3 Å². The Morgan fingerprint density at radius 2 is 2.05 bits per heavy atom. The summed E-state index contributed by atoms with van der Waals surface area (Å²) in [5, 5.41) is 11.5. The van der Waals surface area contributed by atoms with E-state index in [-0.39, 0.29) is 5.56 Å². The number of thiophene rings is 1. The summed E-state index contributed by atoms with van der Waals surface area (Å²) in [5.41, 5.74) is 1.36. The second kappa shape index (κ2) is 5.42. The van der Waals surface area contributed by atoms with Gasteiger partial charge in [0, 0.05) is 16.5 Å². The van der Waals surface area contributed by atoms with E-state index in [0.29, 0.717) is 5.03 Å². The van der Waals surface area contributed by atoms with E-state index in [1.807, 2.05) is 0 Å². The molecule has 0 amide bonds. The molecular weight excluding hydrogens is 306 g/mol.